The third-order valence-corrected chi connectivity index (χ3v) is 2.94. The lowest BCUT2D eigenvalue weighted by Crippen LogP contribution is -2.12. The monoisotopic (exact) mass is 308 g/mol. The molecule has 0 aromatic heterocycles. The normalized spacial score (nSPS) is 10.1. The highest BCUT2D eigenvalue weighted by atomic mass is 79.9. The van der Waals surface area contributed by atoms with Gasteiger partial charge in [-0.05, 0) is 40.2 Å². The summed E-state index contributed by atoms with van der Waals surface area (Å²) >= 11 is 3.07. The number of ether oxygens (including phenoxy) is 1. The third kappa shape index (κ3) is 2.68. The van der Waals surface area contributed by atoms with Crippen molar-refractivity contribution in [2.45, 2.75) is 0 Å². The highest BCUT2D eigenvalue weighted by molar-refractivity contribution is 9.10. The number of rotatable bonds is 3. The Morgan fingerprint density at radius 1 is 1.22 bits per heavy atom. The van der Waals surface area contributed by atoms with Gasteiger partial charge in [0, 0.05) is 6.07 Å². The fourth-order valence-electron chi connectivity index (χ4n) is 1.45. The van der Waals surface area contributed by atoms with Crippen LogP contribution in [0.4, 0.5) is 4.39 Å². The average molecular weight is 309 g/mol. The number of nitrogen functional groups attached to an aromatic ring is 1. The first-order chi connectivity index (χ1) is 8.58. The molecule has 0 aliphatic rings. The fraction of sp³-hybridized carbons (Fsp3) is 0. The Labute approximate surface area is 112 Å². The molecule has 18 heavy (non-hydrogen) atoms. The van der Waals surface area contributed by atoms with Crippen LogP contribution in [0.25, 0.3) is 0 Å². The minimum atomic E-state index is -0.409. The molecule has 0 heterocycles. The molecule has 0 atom stereocenters. The maximum atomic E-state index is 13.3. The molecule has 92 valence electrons. The Morgan fingerprint density at radius 2 is 1.94 bits per heavy atom. The molecule has 0 aliphatic carbocycles. The Bertz CT molecular complexity index is 601. The standard InChI is InChI=1S/C13H10BrFN2O/c14-10-6-5-8(7-11(10)15)18-12-4-2-1-3-9(12)13(16)17/h1-7H,(H3,16,17). The van der Waals surface area contributed by atoms with Gasteiger partial charge in [0.2, 0.25) is 0 Å². The fourth-order valence-corrected chi connectivity index (χ4v) is 1.69. The molecule has 0 saturated heterocycles. The van der Waals surface area contributed by atoms with Gasteiger partial charge in [-0.3, -0.25) is 5.41 Å². The van der Waals surface area contributed by atoms with Crippen molar-refractivity contribution in [2.24, 2.45) is 5.73 Å². The topological polar surface area (TPSA) is 59.1 Å². The number of para-hydroxylation sites is 1. The second kappa shape index (κ2) is 5.18. The summed E-state index contributed by atoms with van der Waals surface area (Å²) in [4.78, 5) is 0. The van der Waals surface area contributed by atoms with E-state index < -0.39 is 5.82 Å². The van der Waals surface area contributed by atoms with E-state index in [1.807, 2.05) is 0 Å². The third-order valence-electron chi connectivity index (χ3n) is 2.30. The molecule has 0 unspecified atom stereocenters. The van der Waals surface area contributed by atoms with E-state index in [0.717, 1.165) is 0 Å². The zero-order valence-electron chi connectivity index (χ0n) is 9.28. The van der Waals surface area contributed by atoms with Gasteiger partial charge < -0.3 is 10.5 Å². The highest BCUT2D eigenvalue weighted by Crippen LogP contribution is 2.27. The van der Waals surface area contributed by atoms with Gasteiger partial charge in [-0.25, -0.2) is 4.39 Å². The number of hydrogen-bond acceptors (Lipinski definition) is 2. The van der Waals surface area contributed by atoms with Crippen LogP contribution in [-0.2, 0) is 0 Å². The lowest BCUT2D eigenvalue weighted by Gasteiger charge is -2.10. The molecule has 3 nitrogen and oxygen atoms in total. The number of amidine groups is 1. The van der Waals surface area contributed by atoms with E-state index >= 15 is 0 Å². The van der Waals surface area contributed by atoms with E-state index in [9.17, 15) is 4.39 Å². The zero-order valence-corrected chi connectivity index (χ0v) is 10.9. The quantitative estimate of drug-likeness (QED) is 0.671. The Kier molecular flexibility index (Phi) is 3.62. The highest BCUT2D eigenvalue weighted by Gasteiger charge is 2.08. The van der Waals surface area contributed by atoms with Gasteiger partial charge in [-0.1, -0.05) is 12.1 Å². The van der Waals surface area contributed by atoms with Crippen LogP contribution in [-0.4, -0.2) is 5.84 Å². The smallest absolute Gasteiger partial charge is 0.141 e. The van der Waals surface area contributed by atoms with E-state index in [4.69, 9.17) is 15.9 Å². The summed E-state index contributed by atoms with van der Waals surface area (Å²) in [5.41, 5.74) is 5.92. The van der Waals surface area contributed by atoms with Gasteiger partial charge in [0.1, 0.15) is 23.2 Å². The Morgan fingerprint density at radius 3 is 2.61 bits per heavy atom. The summed E-state index contributed by atoms with van der Waals surface area (Å²) in [5, 5.41) is 7.43. The number of hydrogen-bond donors (Lipinski definition) is 2. The maximum Gasteiger partial charge on any atom is 0.141 e. The maximum absolute atomic E-state index is 13.3. The molecule has 0 bridgehead atoms. The zero-order chi connectivity index (χ0) is 13.1. The first-order valence-electron chi connectivity index (χ1n) is 5.14. The number of nitrogens with one attached hydrogen (secondary N) is 1. The molecule has 0 amide bonds. The summed E-state index contributed by atoms with van der Waals surface area (Å²) in [6.45, 7) is 0. The second-order valence-electron chi connectivity index (χ2n) is 3.59. The largest absolute Gasteiger partial charge is 0.456 e. The summed E-state index contributed by atoms with van der Waals surface area (Å²) < 4.78 is 19.2. The van der Waals surface area contributed by atoms with E-state index in [-0.39, 0.29) is 5.84 Å². The molecule has 2 aromatic rings. The van der Waals surface area contributed by atoms with Crippen LogP contribution in [0.1, 0.15) is 5.56 Å². The lowest BCUT2D eigenvalue weighted by molar-refractivity contribution is 0.475. The van der Waals surface area contributed by atoms with Gasteiger partial charge in [0.05, 0.1) is 10.0 Å². The molecule has 2 rings (SSSR count). The number of halogens is 2. The Balaban J connectivity index is 2.34. The summed E-state index contributed by atoms with van der Waals surface area (Å²) in [5.74, 6) is 0.270. The molecule has 3 N–H and O–H groups in total. The van der Waals surface area contributed by atoms with Gasteiger partial charge >= 0.3 is 0 Å². The van der Waals surface area contributed by atoms with Crippen molar-refractivity contribution in [1.82, 2.24) is 0 Å². The van der Waals surface area contributed by atoms with E-state index in [1.165, 1.54) is 6.07 Å². The van der Waals surface area contributed by atoms with Crippen LogP contribution < -0.4 is 10.5 Å². The van der Waals surface area contributed by atoms with Crippen LogP contribution in [0, 0.1) is 11.2 Å². The van der Waals surface area contributed by atoms with Crippen molar-refractivity contribution in [3.63, 3.8) is 0 Å². The van der Waals surface area contributed by atoms with E-state index in [2.05, 4.69) is 15.9 Å². The van der Waals surface area contributed by atoms with Crippen LogP contribution in [0.3, 0.4) is 0 Å². The van der Waals surface area contributed by atoms with Crippen LogP contribution in [0.15, 0.2) is 46.9 Å². The predicted molar refractivity (Wildman–Crippen MR) is 71.6 cm³/mol. The van der Waals surface area contributed by atoms with E-state index in [0.29, 0.717) is 21.5 Å². The predicted octanol–water partition coefficient (Wildman–Crippen LogP) is 3.66. The molecule has 0 spiro atoms. The second-order valence-corrected chi connectivity index (χ2v) is 4.44. The van der Waals surface area contributed by atoms with Gasteiger partial charge in [-0.15, -0.1) is 0 Å². The number of benzene rings is 2. The average Bonchev–Trinajstić information content (AvgIpc) is 2.34. The summed E-state index contributed by atoms with van der Waals surface area (Å²) in [6, 6.07) is 11.3. The molecule has 0 fully saturated rings. The van der Waals surface area contributed by atoms with Gasteiger partial charge in [-0.2, -0.15) is 0 Å². The Hall–Kier alpha value is -1.88. The van der Waals surface area contributed by atoms with Crippen molar-refractivity contribution in [3.8, 4) is 11.5 Å². The van der Waals surface area contributed by atoms with Crippen LogP contribution in [0.5, 0.6) is 11.5 Å². The van der Waals surface area contributed by atoms with Gasteiger partial charge in [0.25, 0.3) is 0 Å². The van der Waals surface area contributed by atoms with Crippen molar-refractivity contribution >= 4 is 21.8 Å². The molecular formula is C13H10BrFN2O. The van der Waals surface area contributed by atoms with E-state index in [1.54, 1.807) is 36.4 Å². The van der Waals surface area contributed by atoms with Gasteiger partial charge in [0.15, 0.2) is 0 Å². The van der Waals surface area contributed by atoms with Crippen LogP contribution in [0.2, 0.25) is 0 Å². The summed E-state index contributed by atoms with van der Waals surface area (Å²) in [6.07, 6.45) is 0. The number of nitrogens with two attached hydrogens (primary N) is 1. The molecule has 0 radical (unpaired) electrons. The SMILES string of the molecule is N=C(N)c1ccccc1Oc1ccc(Br)c(F)c1. The van der Waals surface area contributed by atoms with Crippen molar-refractivity contribution in [2.75, 3.05) is 0 Å². The minimum Gasteiger partial charge on any atom is -0.456 e. The van der Waals surface area contributed by atoms with Crippen molar-refractivity contribution in [1.29, 1.82) is 5.41 Å². The first-order valence-corrected chi connectivity index (χ1v) is 5.93. The van der Waals surface area contributed by atoms with Crippen LogP contribution >= 0.6 is 15.9 Å². The molecule has 2 aromatic carbocycles. The lowest BCUT2D eigenvalue weighted by atomic mass is 10.2. The minimum absolute atomic E-state index is 0.0943. The molecule has 5 heteroatoms. The van der Waals surface area contributed by atoms with Crippen molar-refractivity contribution < 1.29 is 9.13 Å². The molecular weight excluding hydrogens is 299 g/mol. The molecule has 0 saturated carbocycles. The van der Waals surface area contributed by atoms with Crippen molar-refractivity contribution in [3.05, 3.63) is 58.3 Å². The first kappa shape index (κ1) is 12.6. The molecule has 0 aliphatic heterocycles. The summed E-state index contributed by atoms with van der Waals surface area (Å²) in [7, 11) is 0.